The third-order valence-corrected chi connectivity index (χ3v) is 4.56. The smallest absolute Gasteiger partial charge is 0.238 e. The van der Waals surface area contributed by atoms with Gasteiger partial charge in [-0.1, -0.05) is 11.8 Å². The normalized spacial score (nSPS) is 12.6. The molecule has 0 aliphatic heterocycles. The molecule has 1 amide bonds. The molecule has 0 radical (unpaired) electrons. The van der Waals surface area contributed by atoms with Crippen LogP contribution < -0.4 is 10.5 Å². The maximum absolute atomic E-state index is 12.1. The van der Waals surface area contributed by atoms with Gasteiger partial charge in [0.05, 0.1) is 10.1 Å². The average Bonchev–Trinajstić information content (AvgIpc) is 2.48. The Morgan fingerprint density at radius 2 is 1.82 bits per heavy atom. The van der Waals surface area contributed by atoms with E-state index in [0.29, 0.717) is 10.8 Å². The van der Waals surface area contributed by atoms with Gasteiger partial charge in [-0.05, 0) is 37.3 Å². The molecule has 0 saturated heterocycles. The first-order valence-corrected chi connectivity index (χ1v) is 8.66. The number of benzene rings is 1. The molecule has 0 aliphatic rings. The van der Waals surface area contributed by atoms with Crippen LogP contribution in [0.5, 0.6) is 0 Å². The third-order valence-electron chi connectivity index (χ3n) is 2.64. The number of nitrogens with two attached hydrogens (primary N) is 1. The average molecular weight is 338 g/mol. The highest BCUT2D eigenvalue weighted by Gasteiger charge is 2.16. The van der Waals surface area contributed by atoms with Gasteiger partial charge in [0.25, 0.3) is 0 Å². The number of rotatable bonds is 5. The lowest BCUT2D eigenvalue weighted by Gasteiger charge is -2.11. The first-order valence-electron chi connectivity index (χ1n) is 6.23. The molecule has 1 unspecified atom stereocenters. The minimum atomic E-state index is -3.74. The number of nitrogens with zero attached hydrogens (tertiary/aromatic N) is 2. The van der Waals surface area contributed by atoms with Gasteiger partial charge in [0.2, 0.25) is 15.9 Å². The Labute approximate surface area is 132 Å². The fraction of sp³-hybridized carbons (Fsp3) is 0.154. The summed E-state index contributed by atoms with van der Waals surface area (Å²) in [6, 6.07) is 7.33. The Balaban J connectivity index is 1.99. The first kappa shape index (κ1) is 16.4. The number of carbonyl (C=O) groups is 1. The number of thioether (sulfide) groups is 1. The molecule has 2 aromatic rings. The summed E-state index contributed by atoms with van der Waals surface area (Å²) in [5.74, 6) is -0.235. The third kappa shape index (κ3) is 4.52. The van der Waals surface area contributed by atoms with E-state index in [1.807, 2.05) is 0 Å². The number of hydrogen-bond acceptors (Lipinski definition) is 6. The minimum absolute atomic E-state index is 0.00870. The van der Waals surface area contributed by atoms with Gasteiger partial charge in [-0.15, -0.1) is 0 Å². The summed E-state index contributed by atoms with van der Waals surface area (Å²) >= 11 is 1.23. The maximum Gasteiger partial charge on any atom is 0.238 e. The largest absolute Gasteiger partial charge is 0.325 e. The first-order chi connectivity index (χ1) is 10.4. The number of aromatic nitrogens is 2. The highest BCUT2D eigenvalue weighted by Crippen LogP contribution is 2.20. The van der Waals surface area contributed by atoms with E-state index in [0.717, 1.165) is 0 Å². The molecule has 1 atom stereocenters. The molecule has 9 heteroatoms. The summed E-state index contributed by atoms with van der Waals surface area (Å²) in [4.78, 5) is 20.1. The van der Waals surface area contributed by atoms with Gasteiger partial charge in [-0.25, -0.2) is 23.5 Å². The standard InChI is InChI=1S/C13H14N4O3S2/c1-9(21-13-15-7-2-8-16-13)12(18)17-10-3-5-11(6-4-10)22(14,19)20/h2-9H,1H3,(H,17,18)(H2,14,19,20). The number of sulfonamides is 1. The molecule has 22 heavy (non-hydrogen) atoms. The number of anilines is 1. The van der Waals surface area contributed by atoms with E-state index in [1.54, 1.807) is 25.4 Å². The molecule has 0 aliphatic carbocycles. The van der Waals surface area contributed by atoms with Crippen LogP contribution >= 0.6 is 11.8 Å². The highest BCUT2D eigenvalue weighted by atomic mass is 32.2. The van der Waals surface area contributed by atoms with E-state index in [4.69, 9.17) is 5.14 Å². The topological polar surface area (TPSA) is 115 Å². The predicted molar refractivity (Wildman–Crippen MR) is 83.8 cm³/mol. The van der Waals surface area contributed by atoms with Crippen LogP contribution in [-0.2, 0) is 14.8 Å². The molecule has 1 heterocycles. The Hall–Kier alpha value is -1.97. The van der Waals surface area contributed by atoms with Gasteiger partial charge < -0.3 is 5.32 Å². The zero-order chi connectivity index (χ0) is 16.2. The summed E-state index contributed by atoms with van der Waals surface area (Å²) in [7, 11) is -3.74. The number of amides is 1. The summed E-state index contributed by atoms with van der Waals surface area (Å²) in [5.41, 5.74) is 0.485. The van der Waals surface area contributed by atoms with Crippen molar-refractivity contribution >= 4 is 33.4 Å². The molecule has 3 N–H and O–H groups in total. The van der Waals surface area contributed by atoms with Crippen LogP contribution in [0, 0.1) is 0 Å². The lowest BCUT2D eigenvalue weighted by molar-refractivity contribution is -0.115. The number of carbonyl (C=O) groups excluding carboxylic acids is 1. The van der Waals surface area contributed by atoms with Gasteiger partial charge in [-0.3, -0.25) is 4.79 Å². The Morgan fingerprint density at radius 3 is 2.36 bits per heavy atom. The van der Waals surface area contributed by atoms with Gasteiger partial charge >= 0.3 is 0 Å². The minimum Gasteiger partial charge on any atom is -0.325 e. The van der Waals surface area contributed by atoms with Crippen molar-refractivity contribution in [3.63, 3.8) is 0 Å². The van der Waals surface area contributed by atoms with Gasteiger partial charge in [0, 0.05) is 18.1 Å². The second kappa shape index (κ2) is 6.86. The zero-order valence-corrected chi connectivity index (χ0v) is 13.3. The van der Waals surface area contributed by atoms with Crippen molar-refractivity contribution in [1.82, 2.24) is 9.97 Å². The quantitative estimate of drug-likeness (QED) is 0.626. The van der Waals surface area contributed by atoms with Gasteiger partial charge in [0.1, 0.15) is 0 Å². The van der Waals surface area contributed by atoms with Crippen LogP contribution in [0.15, 0.2) is 52.8 Å². The molecule has 1 aromatic carbocycles. The van der Waals surface area contributed by atoms with E-state index in [1.165, 1.54) is 36.0 Å². The Bertz CT molecular complexity index is 749. The van der Waals surface area contributed by atoms with Crippen molar-refractivity contribution < 1.29 is 13.2 Å². The van der Waals surface area contributed by atoms with Crippen molar-refractivity contribution in [2.75, 3.05) is 5.32 Å². The second-order valence-electron chi connectivity index (χ2n) is 4.35. The van der Waals surface area contributed by atoms with Crippen molar-refractivity contribution in [2.45, 2.75) is 22.2 Å². The molecular weight excluding hydrogens is 324 g/mol. The fourth-order valence-corrected chi connectivity index (χ4v) is 2.77. The zero-order valence-electron chi connectivity index (χ0n) is 11.6. The van der Waals surface area contributed by atoms with Crippen LogP contribution in [0.3, 0.4) is 0 Å². The molecule has 0 saturated carbocycles. The summed E-state index contributed by atoms with van der Waals surface area (Å²) in [6.07, 6.45) is 3.21. The van der Waals surface area contributed by atoms with Crippen LogP contribution in [0.1, 0.15) is 6.92 Å². The van der Waals surface area contributed by atoms with Crippen molar-refractivity contribution in [2.24, 2.45) is 5.14 Å². The van der Waals surface area contributed by atoms with Crippen molar-refractivity contribution in [3.8, 4) is 0 Å². The summed E-state index contributed by atoms with van der Waals surface area (Å²) < 4.78 is 22.3. The predicted octanol–water partition coefficient (Wildman–Crippen LogP) is 1.24. The molecule has 0 bridgehead atoms. The number of primary sulfonamides is 1. The van der Waals surface area contributed by atoms with Crippen LogP contribution in [0.4, 0.5) is 5.69 Å². The number of hydrogen-bond donors (Lipinski definition) is 2. The number of nitrogens with one attached hydrogen (secondary N) is 1. The fourth-order valence-electron chi connectivity index (χ4n) is 1.53. The lowest BCUT2D eigenvalue weighted by atomic mass is 10.3. The van der Waals surface area contributed by atoms with E-state index in [-0.39, 0.29) is 10.8 Å². The Kier molecular flexibility index (Phi) is 5.11. The maximum atomic E-state index is 12.1. The van der Waals surface area contributed by atoms with Crippen LogP contribution in [-0.4, -0.2) is 29.5 Å². The van der Waals surface area contributed by atoms with Gasteiger partial charge in [-0.2, -0.15) is 0 Å². The monoisotopic (exact) mass is 338 g/mol. The van der Waals surface area contributed by atoms with E-state index in [9.17, 15) is 13.2 Å². The molecule has 0 spiro atoms. The van der Waals surface area contributed by atoms with Crippen LogP contribution in [0.2, 0.25) is 0 Å². The van der Waals surface area contributed by atoms with E-state index >= 15 is 0 Å². The van der Waals surface area contributed by atoms with Gasteiger partial charge in [0.15, 0.2) is 5.16 Å². The molecule has 1 aromatic heterocycles. The lowest BCUT2D eigenvalue weighted by Crippen LogP contribution is -2.22. The van der Waals surface area contributed by atoms with Crippen molar-refractivity contribution in [1.29, 1.82) is 0 Å². The molecule has 7 nitrogen and oxygen atoms in total. The van der Waals surface area contributed by atoms with Crippen molar-refractivity contribution in [3.05, 3.63) is 42.7 Å². The molecular formula is C13H14N4O3S2. The second-order valence-corrected chi connectivity index (χ2v) is 7.22. The van der Waals surface area contributed by atoms with E-state index in [2.05, 4.69) is 15.3 Å². The summed E-state index contributed by atoms with van der Waals surface area (Å²) in [5, 5.41) is 7.81. The highest BCUT2D eigenvalue weighted by molar-refractivity contribution is 8.00. The molecule has 116 valence electrons. The Morgan fingerprint density at radius 1 is 1.23 bits per heavy atom. The SMILES string of the molecule is CC(Sc1ncccn1)C(=O)Nc1ccc(S(N)(=O)=O)cc1. The summed E-state index contributed by atoms with van der Waals surface area (Å²) in [6.45, 7) is 1.73. The van der Waals surface area contributed by atoms with Crippen LogP contribution in [0.25, 0.3) is 0 Å². The molecule has 0 fully saturated rings. The molecule has 2 rings (SSSR count). The van der Waals surface area contributed by atoms with E-state index < -0.39 is 15.3 Å².